The third kappa shape index (κ3) is 10.1. The summed E-state index contributed by atoms with van der Waals surface area (Å²) in [5.41, 5.74) is 4.87. The lowest BCUT2D eigenvalue weighted by Crippen LogP contribution is -2.32. The number of thiophene rings is 2. The highest BCUT2D eigenvalue weighted by atomic mass is 79.9. The number of nitrogens with zero attached hydrogens (tertiary/aromatic N) is 5. The van der Waals surface area contributed by atoms with Gasteiger partial charge in [0.25, 0.3) is 11.8 Å². The molecule has 19 heteroatoms. The maximum absolute atomic E-state index is 13.9. The minimum absolute atomic E-state index is 0.183. The zero-order valence-corrected chi connectivity index (χ0v) is 39.5. The Hall–Kier alpha value is -6.54. The largest absolute Gasteiger partial charge is 0.493 e. The minimum atomic E-state index is -0.700. The highest BCUT2D eigenvalue weighted by molar-refractivity contribution is 9.10. The van der Waals surface area contributed by atoms with Gasteiger partial charge in [0, 0.05) is 61.3 Å². The fourth-order valence-corrected chi connectivity index (χ4v) is 10.9. The number of aromatic nitrogens is 4. The molecule has 0 saturated carbocycles. The summed E-state index contributed by atoms with van der Waals surface area (Å²) in [5.74, 6) is -1.79. The van der Waals surface area contributed by atoms with Crippen molar-refractivity contribution in [3.63, 3.8) is 0 Å². The molecule has 3 N–H and O–H groups in total. The molecule has 4 aromatic heterocycles. The van der Waals surface area contributed by atoms with Crippen molar-refractivity contribution >= 4 is 76.5 Å². The molecule has 2 amide bonds. The van der Waals surface area contributed by atoms with E-state index in [2.05, 4.69) is 51.8 Å². The Morgan fingerprint density at radius 3 is 1.54 bits per heavy atom. The number of carbonyl (C=O) groups excluding carboxylic acids is 2. The van der Waals surface area contributed by atoms with Gasteiger partial charge in [0.2, 0.25) is 0 Å². The van der Waals surface area contributed by atoms with Crippen molar-refractivity contribution in [2.45, 2.75) is 24.9 Å². The Labute approximate surface area is 398 Å². The average Bonchev–Trinajstić information content (AvgIpc) is 3.88. The summed E-state index contributed by atoms with van der Waals surface area (Å²) in [6, 6.07) is 21.3. The molecule has 344 valence electrons. The molecule has 0 fully saturated rings. The lowest BCUT2D eigenvalue weighted by molar-refractivity contribution is 0.0920. The number of anilines is 1. The minimum Gasteiger partial charge on any atom is -0.493 e. The number of carbonyl (C=O) groups is 2. The number of amides is 2. The van der Waals surface area contributed by atoms with Gasteiger partial charge in [-0.3, -0.25) is 9.59 Å². The fourth-order valence-electron chi connectivity index (χ4n) is 7.72. The second-order valence-electron chi connectivity index (χ2n) is 15.4. The van der Waals surface area contributed by atoms with Gasteiger partial charge >= 0.3 is 0 Å². The van der Waals surface area contributed by atoms with E-state index in [1.807, 2.05) is 81.6 Å². The fraction of sp³-hybridized carbons (Fsp3) is 0.208. The van der Waals surface area contributed by atoms with Gasteiger partial charge in [0.15, 0.2) is 0 Å². The standard InChI is InChI=1S/C24H20F2N4O2S.C22H14BrF2N3O2S.C2H7N/c1-30(2)21-20-22(19(27-12-28-20)13-9-14(25)11-15(26)10-13)33-23(21)24(31)29-17-7-8-32-18-6-4-3-5-16(17)18;23-17-19-21(18(26-10-27-19)11-7-12(24)9-13(25)8-11)31-20(17)22(29)28-15-5-6-30-16-4-2-1-3-14(15)16;1-3-2/h3-6,9-12,17H,7-8H2,1-2H3,(H,29,31);1-4,7-10,15H,5-6H2,(H,28,29);3H,1-2H3/t17-;15-;/m00./s1. The van der Waals surface area contributed by atoms with Gasteiger partial charge in [0.05, 0.1) is 56.2 Å². The van der Waals surface area contributed by atoms with Gasteiger partial charge in [-0.1, -0.05) is 36.4 Å². The number of hydrogen-bond acceptors (Lipinski definition) is 12. The van der Waals surface area contributed by atoms with Crippen LogP contribution in [-0.4, -0.2) is 73.2 Å². The van der Waals surface area contributed by atoms with Gasteiger partial charge in [-0.25, -0.2) is 37.5 Å². The van der Waals surface area contributed by atoms with E-state index in [1.165, 1.54) is 59.6 Å². The quantitative estimate of drug-likeness (QED) is 0.132. The second kappa shape index (κ2) is 20.5. The number of para-hydroxylation sites is 2. The van der Waals surface area contributed by atoms with Crippen LogP contribution in [0.4, 0.5) is 23.2 Å². The molecular weight excluding hydrogens is 973 g/mol. The number of halogens is 5. The van der Waals surface area contributed by atoms with Crippen LogP contribution in [0.15, 0.2) is 102 Å². The lowest BCUT2D eigenvalue weighted by atomic mass is 10.0. The van der Waals surface area contributed by atoms with E-state index in [1.54, 1.807) is 0 Å². The first-order valence-corrected chi connectivity index (χ1v) is 23.2. The van der Waals surface area contributed by atoms with E-state index in [4.69, 9.17) is 9.47 Å². The van der Waals surface area contributed by atoms with Crippen LogP contribution in [0.2, 0.25) is 0 Å². The lowest BCUT2D eigenvalue weighted by Gasteiger charge is -2.26. The van der Waals surface area contributed by atoms with Crippen LogP contribution in [0, 0.1) is 23.3 Å². The number of hydrogen-bond donors (Lipinski definition) is 3. The summed E-state index contributed by atoms with van der Waals surface area (Å²) in [6.45, 7) is 1.02. The first kappa shape index (κ1) is 47.0. The molecule has 2 aliphatic heterocycles. The number of ether oxygens (including phenoxy) is 2. The molecule has 67 heavy (non-hydrogen) atoms. The smallest absolute Gasteiger partial charge is 0.264 e. The van der Waals surface area contributed by atoms with E-state index in [0.717, 1.165) is 34.8 Å². The van der Waals surface area contributed by atoms with E-state index in [9.17, 15) is 27.2 Å². The Bertz CT molecular complexity index is 3090. The topological polar surface area (TPSA) is 143 Å². The second-order valence-corrected chi connectivity index (χ2v) is 18.3. The average molecular weight is 1010 g/mol. The van der Waals surface area contributed by atoms with Crippen LogP contribution < -0.4 is 30.3 Å². The molecule has 4 aromatic carbocycles. The molecule has 0 bridgehead atoms. The van der Waals surface area contributed by atoms with Crippen molar-refractivity contribution in [3.05, 3.63) is 146 Å². The summed E-state index contributed by atoms with van der Waals surface area (Å²) >= 11 is 5.85. The normalized spacial score (nSPS) is 14.8. The molecule has 0 radical (unpaired) electrons. The van der Waals surface area contributed by atoms with E-state index in [-0.39, 0.29) is 35.0 Å². The molecule has 0 unspecified atom stereocenters. The zero-order valence-electron chi connectivity index (χ0n) is 36.3. The van der Waals surface area contributed by atoms with Gasteiger partial charge in [0.1, 0.15) is 68.2 Å². The maximum Gasteiger partial charge on any atom is 0.264 e. The van der Waals surface area contributed by atoms with Gasteiger partial charge in [-0.15, -0.1) is 22.7 Å². The summed E-state index contributed by atoms with van der Waals surface area (Å²) in [4.78, 5) is 46.4. The maximum atomic E-state index is 13.9. The molecule has 8 aromatic rings. The Kier molecular flexibility index (Phi) is 14.4. The number of benzene rings is 4. The first-order valence-electron chi connectivity index (χ1n) is 20.8. The van der Waals surface area contributed by atoms with Crippen molar-refractivity contribution in [1.82, 2.24) is 35.9 Å². The summed E-state index contributed by atoms with van der Waals surface area (Å²) in [5, 5.41) is 8.94. The van der Waals surface area contributed by atoms with E-state index in [0.29, 0.717) is 77.8 Å². The van der Waals surface area contributed by atoms with E-state index >= 15 is 0 Å². The van der Waals surface area contributed by atoms with Crippen LogP contribution in [0.5, 0.6) is 11.5 Å². The third-order valence-electron chi connectivity index (χ3n) is 10.5. The predicted octanol–water partition coefficient (Wildman–Crippen LogP) is 10.4. The summed E-state index contributed by atoms with van der Waals surface area (Å²) < 4.78 is 68.3. The molecule has 2 aliphatic rings. The molecule has 12 nitrogen and oxygen atoms in total. The molecular formula is C48H41BrF4N8O4S2. The monoisotopic (exact) mass is 1010 g/mol. The SMILES string of the molecule is CN(C)c1c(C(=O)N[C@H]2CCOc3ccccc32)sc2c(-c3cc(F)cc(F)c3)ncnc12.CNC.O=C(N[C@H]1CCOc2ccccc21)c1sc2c(-c3cc(F)cc(F)c3)ncnc2c1Br. The molecule has 0 saturated heterocycles. The molecule has 0 aliphatic carbocycles. The van der Waals surface area contributed by atoms with Crippen molar-refractivity contribution in [2.75, 3.05) is 46.3 Å². The van der Waals surface area contributed by atoms with Gasteiger partial charge in [-0.05, 0) is 66.4 Å². The first-order chi connectivity index (χ1) is 32.3. The Morgan fingerprint density at radius 1 is 0.642 bits per heavy atom. The Balaban J connectivity index is 0.000000172. The third-order valence-corrected chi connectivity index (χ3v) is 13.9. The van der Waals surface area contributed by atoms with E-state index < -0.39 is 23.3 Å². The van der Waals surface area contributed by atoms with Gasteiger partial charge in [-0.2, -0.15) is 0 Å². The molecule has 6 heterocycles. The van der Waals surface area contributed by atoms with Crippen molar-refractivity contribution in [1.29, 1.82) is 0 Å². The van der Waals surface area contributed by atoms with Crippen molar-refractivity contribution in [2.24, 2.45) is 0 Å². The summed E-state index contributed by atoms with van der Waals surface area (Å²) in [6.07, 6.45) is 3.96. The molecule has 0 spiro atoms. The molecule has 10 rings (SSSR count). The number of nitrogens with one attached hydrogen (secondary N) is 3. The van der Waals surface area contributed by atoms with Crippen molar-refractivity contribution < 1.29 is 36.6 Å². The van der Waals surface area contributed by atoms with Crippen LogP contribution in [0.1, 0.15) is 55.4 Å². The van der Waals surface area contributed by atoms with Crippen LogP contribution >= 0.6 is 38.6 Å². The zero-order chi connectivity index (χ0) is 47.4. The highest BCUT2D eigenvalue weighted by Crippen LogP contribution is 2.43. The van der Waals surface area contributed by atoms with Crippen LogP contribution in [-0.2, 0) is 0 Å². The van der Waals surface area contributed by atoms with Gasteiger partial charge < -0.3 is 30.3 Å². The van der Waals surface area contributed by atoms with Crippen molar-refractivity contribution in [3.8, 4) is 34.0 Å². The van der Waals surface area contributed by atoms with Crippen LogP contribution in [0.3, 0.4) is 0 Å². The number of fused-ring (bicyclic) bond motifs is 4. The summed E-state index contributed by atoms with van der Waals surface area (Å²) in [7, 11) is 7.40. The van der Waals surface area contributed by atoms with Crippen LogP contribution in [0.25, 0.3) is 42.9 Å². The Morgan fingerprint density at radius 2 is 1.06 bits per heavy atom. The number of rotatable bonds is 7. The molecule has 2 atom stereocenters. The highest BCUT2D eigenvalue weighted by Gasteiger charge is 2.29. The predicted molar refractivity (Wildman–Crippen MR) is 256 cm³/mol.